The summed E-state index contributed by atoms with van der Waals surface area (Å²) in [5.74, 6) is 0. The van der Waals surface area contributed by atoms with Crippen LogP contribution in [-0.2, 0) is 6.54 Å². The molecule has 0 bridgehead atoms. The van der Waals surface area contributed by atoms with Gasteiger partial charge in [0.15, 0.2) is 0 Å². The molecule has 1 heterocycles. The Morgan fingerprint density at radius 1 is 1.35 bits per heavy atom. The van der Waals surface area contributed by atoms with E-state index in [0.717, 1.165) is 14.9 Å². The second-order valence-electron chi connectivity index (χ2n) is 3.44. The van der Waals surface area contributed by atoms with Crippen LogP contribution >= 0.6 is 22.9 Å². The van der Waals surface area contributed by atoms with Crippen LogP contribution in [0.5, 0.6) is 0 Å². The van der Waals surface area contributed by atoms with Gasteiger partial charge in [-0.05, 0) is 24.3 Å². The molecule has 0 aliphatic rings. The Morgan fingerprint density at radius 3 is 2.82 bits per heavy atom. The molecule has 1 aromatic carbocycles. The summed E-state index contributed by atoms with van der Waals surface area (Å²) in [5.41, 5.74) is 7.60. The molecule has 0 saturated heterocycles. The molecule has 3 nitrogen and oxygen atoms in total. The Kier molecular flexibility index (Phi) is 3.52. The highest BCUT2D eigenvalue weighted by molar-refractivity contribution is 7.16. The number of nitriles is 1. The number of hydrogen-bond donors (Lipinski definition) is 2. The molecule has 0 unspecified atom stereocenters. The van der Waals surface area contributed by atoms with E-state index in [1.54, 1.807) is 12.1 Å². The summed E-state index contributed by atoms with van der Waals surface area (Å²) in [4.78, 5) is 1.12. The van der Waals surface area contributed by atoms with Gasteiger partial charge in [0.1, 0.15) is 6.07 Å². The van der Waals surface area contributed by atoms with E-state index in [-0.39, 0.29) is 0 Å². The number of rotatable bonds is 3. The molecule has 86 valence electrons. The molecular formula is C12H10ClN3S. The highest BCUT2D eigenvalue weighted by Crippen LogP contribution is 2.25. The monoisotopic (exact) mass is 263 g/mol. The minimum absolute atomic E-state index is 0.484. The Morgan fingerprint density at radius 2 is 2.18 bits per heavy atom. The first-order chi connectivity index (χ1) is 8.20. The minimum Gasteiger partial charge on any atom is -0.396 e. The minimum atomic E-state index is 0.484. The van der Waals surface area contributed by atoms with Gasteiger partial charge in [0.25, 0.3) is 0 Å². The molecular weight excluding hydrogens is 254 g/mol. The summed E-state index contributed by atoms with van der Waals surface area (Å²) in [5, 5.41) is 12.1. The first-order valence-electron chi connectivity index (χ1n) is 4.97. The third-order valence-electron chi connectivity index (χ3n) is 2.31. The molecule has 0 radical (unpaired) electrons. The van der Waals surface area contributed by atoms with Crippen molar-refractivity contribution in [3.8, 4) is 6.07 Å². The number of nitrogen functional groups attached to an aromatic ring is 1. The number of benzene rings is 1. The van der Waals surface area contributed by atoms with Gasteiger partial charge in [0.05, 0.1) is 21.3 Å². The van der Waals surface area contributed by atoms with Gasteiger partial charge < -0.3 is 11.1 Å². The number of thiophene rings is 1. The third kappa shape index (κ3) is 2.70. The molecule has 0 aliphatic heterocycles. The molecule has 1 aromatic heterocycles. The van der Waals surface area contributed by atoms with Crippen molar-refractivity contribution < 1.29 is 0 Å². The fraction of sp³-hybridized carbons (Fsp3) is 0.0833. The van der Waals surface area contributed by atoms with Gasteiger partial charge >= 0.3 is 0 Å². The summed E-state index contributed by atoms with van der Waals surface area (Å²) in [6.45, 7) is 0.649. The highest BCUT2D eigenvalue weighted by Gasteiger charge is 2.04. The zero-order chi connectivity index (χ0) is 12.3. The number of nitrogens with two attached hydrogens (primary N) is 1. The van der Waals surface area contributed by atoms with Crippen LogP contribution in [0.1, 0.15) is 10.4 Å². The summed E-state index contributed by atoms with van der Waals surface area (Å²) in [7, 11) is 0. The molecule has 0 atom stereocenters. The van der Waals surface area contributed by atoms with Crippen LogP contribution in [0.3, 0.4) is 0 Å². The lowest BCUT2D eigenvalue weighted by Crippen LogP contribution is -2.02. The van der Waals surface area contributed by atoms with E-state index in [9.17, 15) is 0 Å². The maximum atomic E-state index is 8.86. The van der Waals surface area contributed by atoms with Gasteiger partial charge in [-0.25, -0.2) is 0 Å². The second kappa shape index (κ2) is 5.09. The number of para-hydroxylation sites is 1. The number of anilines is 2. The number of nitrogens with one attached hydrogen (secondary N) is 1. The molecule has 5 heteroatoms. The van der Waals surface area contributed by atoms with E-state index < -0.39 is 0 Å². The fourth-order valence-electron chi connectivity index (χ4n) is 1.45. The SMILES string of the molecule is N#Cc1cccc(NCc2ccc(Cl)s2)c1N. The van der Waals surface area contributed by atoms with Crippen LogP contribution in [0.15, 0.2) is 30.3 Å². The molecule has 3 N–H and O–H groups in total. The number of nitrogens with zero attached hydrogens (tertiary/aromatic N) is 1. The molecule has 0 fully saturated rings. The molecule has 0 spiro atoms. The van der Waals surface area contributed by atoms with Crippen molar-refractivity contribution in [1.29, 1.82) is 5.26 Å². The zero-order valence-corrected chi connectivity index (χ0v) is 10.5. The summed E-state index contributed by atoms with van der Waals surface area (Å²) in [6.07, 6.45) is 0. The predicted molar refractivity (Wildman–Crippen MR) is 72.2 cm³/mol. The highest BCUT2D eigenvalue weighted by atomic mass is 35.5. The normalized spacial score (nSPS) is 9.88. The van der Waals surface area contributed by atoms with Crippen molar-refractivity contribution in [2.75, 3.05) is 11.1 Å². The third-order valence-corrected chi connectivity index (χ3v) is 3.54. The smallest absolute Gasteiger partial charge is 0.101 e. The van der Waals surface area contributed by atoms with Crippen LogP contribution < -0.4 is 11.1 Å². The first-order valence-corrected chi connectivity index (χ1v) is 6.17. The maximum Gasteiger partial charge on any atom is 0.101 e. The molecule has 0 amide bonds. The molecule has 17 heavy (non-hydrogen) atoms. The lowest BCUT2D eigenvalue weighted by atomic mass is 10.1. The van der Waals surface area contributed by atoms with Crippen LogP contribution in [0.2, 0.25) is 4.34 Å². The Hall–Kier alpha value is -1.70. The quantitative estimate of drug-likeness (QED) is 0.834. The Balaban J connectivity index is 2.12. The van der Waals surface area contributed by atoms with Crippen LogP contribution in [-0.4, -0.2) is 0 Å². The van der Waals surface area contributed by atoms with Crippen molar-refractivity contribution in [1.82, 2.24) is 0 Å². The Labute approximate surface area is 108 Å². The lowest BCUT2D eigenvalue weighted by Gasteiger charge is -2.08. The van der Waals surface area contributed by atoms with Gasteiger partial charge in [0, 0.05) is 11.4 Å². The topological polar surface area (TPSA) is 61.8 Å². The molecule has 0 saturated carbocycles. The van der Waals surface area contributed by atoms with E-state index in [1.165, 1.54) is 11.3 Å². The van der Waals surface area contributed by atoms with Crippen molar-refractivity contribution in [3.63, 3.8) is 0 Å². The summed E-state index contributed by atoms with van der Waals surface area (Å²) >= 11 is 7.36. The molecule has 2 rings (SSSR count). The molecule has 2 aromatic rings. The van der Waals surface area contributed by atoms with Crippen LogP contribution in [0.25, 0.3) is 0 Å². The van der Waals surface area contributed by atoms with Gasteiger partial charge in [-0.3, -0.25) is 0 Å². The first kappa shape index (κ1) is 11.8. The van der Waals surface area contributed by atoms with Gasteiger partial charge in [-0.1, -0.05) is 17.7 Å². The largest absolute Gasteiger partial charge is 0.396 e. The van der Waals surface area contributed by atoms with E-state index in [2.05, 4.69) is 11.4 Å². The van der Waals surface area contributed by atoms with E-state index in [4.69, 9.17) is 22.6 Å². The van der Waals surface area contributed by atoms with Crippen molar-refractivity contribution in [2.24, 2.45) is 0 Å². The number of hydrogen-bond acceptors (Lipinski definition) is 4. The standard InChI is InChI=1S/C12H10ClN3S/c13-11-5-4-9(17-11)7-16-10-3-1-2-8(6-14)12(10)15/h1-5,16H,7,15H2. The van der Waals surface area contributed by atoms with Crippen molar-refractivity contribution >= 4 is 34.3 Å². The van der Waals surface area contributed by atoms with E-state index in [1.807, 2.05) is 18.2 Å². The van der Waals surface area contributed by atoms with E-state index in [0.29, 0.717) is 17.8 Å². The summed E-state index contributed by atoms with van der Waals surface area (Å²) in [6, 6.07) is 11.2. The predicted octanol–water partition coefficient (Wildman–Crippen LogP) is 3.47. The summed E-state index contributed by atoms with van der Waals surface area (Å²) < 4.78 is 0.764. The lowest BCUT2D eigenvalue weighted by molar-refractivity contribution is 1.19. The van der Waals surface area contributed by atoms with Gasteiger partial charge in [-0.2, -0.15) is 5.26 Å². The van der Waals surface area contributed by atoms with Crippen molar-refractivity contribution in [2.45, 2.75) is 6.54 Å². The Bertz CT molecular complexity index is 571. The second-order valence-corrected chi connectivity index (χ2v) is 5.24. The fourth-order valence-corrected chi connectivity index (χ4v) is 2.47. The van der Waals surface area contributed by atoms with Gasteiger partial charge in [-0.15, -0.1) is 11.3 Å². The van der Waals surface area contributed by atoms with Crippen molar-refractivity contribution in [3.05, 3.63) is 45.1 Å². The van der Waals surface area contributed by atoms with E-state index >= 15 is 0 Å². The number of halogens is 1. The van der Waals surface area contributed by atoms with Crippen LogP contribution in [0.4, 0.5) is 11.4 Å². The van der Waals surface area contributed by atoms with Gasteiger partial charge in [0.2, 0.25) is 0 Å². The zero-order valence-electron chi connectivity index (χ0n) is 8.90. The maximum absolute atomic E-state index is 8.86. The average molecular weight is 264 g/mol. The average Bonchev–Trinajstić information content (AvgIpc) is 2.74. The van der Waals surface area contributed by atoms with Crippen LogP contribution in [0, 0.1) is 11.3 Å². The molecule has 0 aliphatic carbocycles.